The predicted octanol–water partition coefficient (Wildman–Crippen LogP) is 2.63. The Morgan fingerprint density at radius 2 is 2.16 bits per heavy atom. The molecule has 164 valence electrons. The Labute approximate surface area is 184 Å². The zero-order valence-corrected chi connectivity index (χ0v) is 18.0. The molecular weight excluding hydrogens is 408 g/mol. The zero-order valence-electron chi connectivity index (χ0n) is 18.0. The minimum absolute atomic E-state index is 0.0704. The van der Waals surface area contributed by atoms with E-state index in [0.717, 1.165) is 48.0 Å². The number of ether oxygens (including phenoxy) is 1. The van der Waals surface area contributed by atoms with Crippen LogP contribution in [0.1, 0.15) is 32.6 Å². The summed E-state index contributed by atoms with van der Waals surface area (Å²) in [4.78, 5) is 30.9. The van der Waals surface area contributed by atoms with Gasteiger partial charge in [0.05, 0.1) is 12.5 Å². The standard InChI is InChI=1S/C22H24N8O2/c1-22(29-7-3-4-17(29)31)8-14(9-22)26-21-27-19-18(20(28-21)32-2)15(10-23-19)13-5-6-16-24-12-25-30(16)11-13/h5-6,10-12,14H,3-4,7-9H2,1-2H3,(H2,23,26,27,28)/t14-,22+. The van der Waals surface area contributed by atoms with E-state index in [4.69, 9.17) is 9.72 Å². The van der Waals surface area contributed by atoms with Crippen molar-refractivity contribution in [3.63, 3.8) is 0 Å². The number of amides is 1. The Bertz CT molecular complexity index is 1340. The highest BCUT2D eigenvalue weighted by Crippen LogP contribution is 2.41. The fourth-order valence-corrected chi connectivity index (χ4v) is 5.14. The molecule has 10 heteroatoms. The van der Waals surface area contributed by atoms with Gasteiger partial charge >= 0.3 is 0 Å². The molecule has 1 amide bonds. The number of likely N-dealkylation sites (tertiary alicyclic amines) is 1. The molecule has 5 heterocycles. The first kappa shape index (κ1) is 19.0. The molecule has 6 rings (SSSR count). The number of carbonyl (C=O) groups is 1. The molecular formula is C22H24N8O2. The Morgan fingerprint density at radius 1 is 1.28 bits per heavy atom. The molecule has 1 aliphatic heterocycles. The highest BCUT2D eigenvalue weighted by Gasteiger charge is 2.48. The molecule has 1 saturated heterocycles. The van der Waals surface area contributed by atoms with Gasteiger partial charge in [-0.15, -0.1) is 0 Å². The van der Waals surface area contributed by atoms with Crippen LogP contribution in [0, 0.1) is 0 Å². The molecule has 0 bridgehead atoms. The Balaban J connectivity index is 1.27. The molecule has 2 aliphatic rings. The van der Waals surface area contributed by atoms with Crippen LogP contribution in [0.15, 0.2) is 30.9 Å². The van der Waals surface area contributed by atoms with Crippen molar-refractivity contribution in [1.29, 1.82) is 0 Å². The number of fused-ring (bicyclic) bond motifs is 2. The van der Waals surface area contributed by atoms with Crippen molar-refractivity contribution in [3.05, 3.63) is 30.9 Å². The number of methoxy groups -OCH3 is 1. The molecule has 1 saturated carbocycles. The second-order valence-electron chi connectivity index (χ2n) is 8.86. The first-order chi connectivity index (χ1) is 15.5. The highest BCUT2D eigenvalue weighted by molar-refractivity contribution is 5.97. The van der Waals surface area contributed by atoms with Gasteiger partial charge in [0.15, 0.2) is 5.65 Å². The molecule has 2 fully saturated rings. The van der Waals surface area contributed by atoms with Crippen molar-refractivity contribution in [3.8, 4) is 17.0 Å². The number of nitrogens with zero attached hydrogens (tertiary/aromatic N) is 6. The summed E-state index contributed by atoms with van der Waals surface area (Å²) in [5, 5.41) is 8.46. The van der Waals surface area contributed by atoms with Crippen LogP contribution in [-0.2, 0) is 4.79 Å². The molecule has 1 aliphatic carbocycles. The number of hydrogen-bond donors (Lipinski definition) is 2. The summed E-state index contributed by atoms with van der Waals surface area (Å²) < 4.78 is 7.36. The number of pyridine rings is 1. The topological polar surface area (TPSA) is 113 Å². The van der Waals surface area contributed by atoms with Gasteiger partial charge in [0.25, 0.3) is 0 Å². The predicted molar refractivity (Wildman–Crippen MR) is 118 cm³/mol. The number of H-pyrrole nitrogens is 1. The summed E-state index contributed by atoms with van der Waals surface area (Å²) in [6.45, 7) is 3.03. The number of aromatic amines is 1. The smallest absolute Gasteiger partial charge is 0.228 e. The minimum Gasteiger partial charge on any atom is -0.480 e. The second kappa shape index (κ2) is 6.91. The lowest BCUT2D eigenvalue weighted by atomic mass is 9.73. The maximum Gasteiger partial charge on any atom is 0.228 e. The van der Waals surface area contributed by atoms with Crippen LogP contribution < -0.4 is 10.1 Å². The van der Waals surface area contributed by atoms with Gasteiger partial charge in [-0.25, -0.2) is 9.50 Å². The number of hydrogen-bond acceptors (Lipinski definition) is 7. The van der Waals surface area contributed by atoms with Gasteiger partial charge in [-0.05, 0) is 38.3 Å². The van der Waals surface area contributed by atoms with Crippen molar-refractivity contribution in [2.45, 2.75) is 44.2 Å². The third kappa shape index (κ3) is 2.89. The molecule has 4 aromatic rings. The third-order valence-corrected chi connectivity index (χ3v) is 6.71. The van der Waals surface area contributed by atoms with E-state index in [1.54, 1.807) is 11.6 Å². The van der Waals surface area contributed by atoms with Crippen LogP contribution in [0.3, 0.4) is 0 Å². The molecule has 2 N–H and O–H groups in total. The first-order valence-electron chi connectivity index (χ1n) is 10.8. The molecule has 0 atom stereocenters. The quantitative estimate of drug-likeness (QED) is 0.498. The highest BCUT2D eigenvalue weighted by atomic mass is 16.5. The SMILES string of the molecule is COc1nc(N[C@H]2C[C@@](C)(N3CCCC3=O)C2)nc2[nH]cc(-c3ccc4ncnn4c3)c12. The summed E-state index contributed by atoms with van der Waals surface area (Å²) in [7, 11) is 1.61. The number of rotatable bonds is 5. The summed E-state index contributed by atoms with van der Waals surface area (Å²) >= 11 is 0. The Morgan fingerprint density at radius 3 is 2.94 bits per heavy atom. The number of aromatic nitrogens is 6. The minimum atomic E-state index is -0.0704. The van der Waals surface area contributed by atoms with E-state index in [1.807, 2.05) is 29.4 Å². The van der Waals surface area contributed by atoms with Crippen LogP contribution in [0.2, 0.25) is 0 Å². The molecule has 10 nitrogen and oxygen atoms in total. The van der Waals surface area contributed by atoms with E-state index in [0.29, 0.717) is 23.9 Å². The Kier molecular flexibility index (Phi) is 4.11. The average molecular weight is 432 g/mol. The van der Waals surface area contributed by atoms with Gasteiger partial charge < -0.3 is 19.9 Å². The second-order valence-corrected chi connectivity index (χ2v) is 8.86. The van der Waals surface area contributed by atoms with Crippen LogP contribution in [0.5, 0.6) is 5.88 Å². The molecule has 0 unspecified atom stereocenters. The zero-order chi connectivity index (χ0) is 21.9. The average Bonchev–Trinajstić information content (AvgIpc) is 3.50. The summed E-state index contributed by atoms with van der Waals surface area (Å²) in [5.41, 5.74) is 3.31. The van der Waals surface area contributed by atoms with E-state index >= 15 is 0 Å². The van der Waals surface area contributed by atoms with Crippen LogP contribution in [0.4, 0.5) is 5.95 Å². The van der Waals surface area contributed by atoms with Crippen LogP contribution in [0.25, 0.3) is 27.8 Å². The van der Waals surface area contributed by atoms with Crippen molar-refractivity contribution in [2.24, 2.45) is 0 Å². The van der Waals surface area contributed by atoms with Gasteiger partial charge in [0.2, 0.25) is 17.7 Å². The van der Waals surface area contributed by atoms with Gasteiger partial charge in [0, 0.05) is 48.1 Å². The maximum absolute atomic E-state index is 12.1. The molecule has 0 aromatic carbocycles. The third-order valence-electron chi connectivity index (χ3n) is 6.71. The maximum atomic E-state index is 12.1. The molecule has 32 heavy (non-hydrogen) atoms. The number of anilines is 1. The fraction of sp³-hybridized carbons (Fsp3) is 0.409. The van der Waals surface area contributed by atoms with Crippen molar-refractivity contribution in [2.75, 3.05) is 19.0 Å². The van der Waals surface area contributed by atoms with Crippen LogP contribution >= 0.6 is 0 Å². The summed E-state index contributed by atoms with van der Waals surface area (Å²) in [6, 6.07) is 4.13. The summed E-state index contributed by atoms with van der Waals surface area (Å²) in [5.74, 6) is 1.30. The monoisotopic (exact) mass is 432 g/mol. The normalized spacial score (nSPS) is 23.1. The van der Waals surface area contributed by atoms with Crippen molar-refractivity contribution >= 4 is 28.5 Å². The van der Waals surface area contributed by atoms with Gasteiger partial charge in [-0.3, -0.25) is 4.79 Å². The van der Waals surface area contributed by atoms with E-state index in [-0.39, 0.29) is 17.5 Å². The number of nitrogens with one attached hydrogen (secondary N) is 2. The molecule has 0 radical (unpaired) electrons. The first-order valence-corrected chi connectivity index (χ1v) is 10.8. The number of carbonyl (C=O) groups excluding carboxylic acids is 1. The van der Waals surface area contributed by atoms with Crippen LogP contribution in [-0.4, -0.2) is 65.6 Å². The van der Waals surface area contributed by atoms with E-state index < -0.39 is 0 Å². The van der Waals surface area contributed by atoms with E-state index in [9.17, 15) is 4.79 Å². The fourth-order valence-electron chi connectivity index (χ4n) is 5.14. The largest absolute Gasteiger partial charge is 0.480 e. The Hall–Kier alpha value is -3.69. The molecule has 4 aromatic heterocycles. The van der Waals surface area contributed by atoms with Gasteiger partial charge in [-0.2, -0.15) is 15.1 Å². The lowest BCUT2D eigenvalue weighted by molar-refractivity contribution is -0.136. The van der Waals surface area contributed by atoms with Crippen molar-refractivity contribution < 1.29 is 9.53 Å². The lowest BCUT2D eigenvalue weighted by Gasteiger charge is -2.51. The van der Waals surface area contributed by atoms with Gasteiger partial charge in [0.1, 0.15) is 12.0 Å². The van der Waals surface area contributed by atoms with Gasteiger partial charge in [-0.1, -0.05) is 0 Å². The van der Waals surface area contributed by atoms with E-state index in [2.05, 4.69) is 32.3 Å². The van der Waals surface area contributed by atoms with E-state index in [1.165, 1.54) is 6.33 Å². The molecule has 0 spiro atoms. The van der Waals surface area contributed by atoms with Crippen molar-refractivity contribution in [1.82, 2.24) is 34.4 Å². The lowest BCUT2D eigenvalue weighted by Crippen LogP contribution is -2.59. The summed E-state index contributed by atoms with van der Waals surface area (Å²) in [6.07, 6.45) is 8.76.